The van der Waals surface area contributed by atoms with Gasteiger partial charge in [-0.2, -0.15) is 9.98 Å². The van der Waals surface area contributed by atoms with Crippen LogP contribution in [-0.4, -0.2) is 52.5 Å². The summed E-state index contributed by atoms with van der Waals surface area (Å²) < 4.78 is 22.1. The summed E-state index contributed by atoms with van der Waals surface area (Å²) in [6.07, 6.45) is 7.53. The van der Waals surface area contributed by atoms with Gasteiger partial charge >= 0.3 is 0 Å². The molecule has 0 amide bonds. The van der Waals surface area contributed by atoms with E-state index in [-0.39, 0.29) is 17.1 Å². The highest BCUT2D eigenvalue weighted by atomic mass is 16.7. The molecule has 1 aliphatic carbocycles. The average Bonchev–Trinajstić information content (AvgIpc) is 2.68. The SMILES string of the molecule is COc1c(C2=CC=CC(OC)(OC)C2OC)ccc(N=C=O)c1N=C=O. The van der Waals surface area contributed by atoms with Gasteiger partial charge in [0.05, 0.1) is 7.11 Å². The Hall–Kier alpha value is -2.86. The molecule has 0 fully saturated rings. The molecular weight excluding hydrogens is 340 g/mol. The Morgan fingerprint density at radius 2 is 1.73 bits per heavy atom. The number of ether oxygens (including phenoxy) is 4. The third-order valence-corrected chi connectivity index (χ3v) is 4.07. The predicted molar refractivity (Wildman–Crippen MR) is 93.2 cm³/mol. The minimum Gasteiger partial charge on any atom is -0.494 e. The van der Waals surface area contributed by atoms with Crippen molar-refractivity contribution in [2.75, 3.05) is 28.4 Å². The smallest absolute Gasteiger partial charge is 0.240 e. The molecule has 0 saturated heterocycles. The van der Waals surface area contributed by atoms with E-state index >= 15 is 0 Å². The summed E-state index contributed by atoms with van der Waals surface area (Å²) in [5.74, 6) is -0.910. The molecule has 0 saturated carbocycles. The van der Waals surface area contributed by atoms with Crippen LogP contribution in [-0.2, 0) is 23.8 Å². The van der Waals surface area contributed by atoms with E-state index in [4.69, 9.17) is 18.9 Å². The van der Waals surface area contributed by atoms with E-state index in [0.717, 1.165) is 0 Å². The third kappa shape index (κ3) is 3.28. The number of isocyanates is 2. The van der Waals surface area contributed by atoms with Gasteiger partial charge in [-0.1, -0.05) is 12.2 Å². The summed E-state index contributed by atoms with van der Waals surface area (Å²) in [6, 6.07) is 3.19. The summed E-state index contributed by atoms with van der Waals surface area (Å²) in [5, 5.41) is 0. The van der Waals surface area contributed by atoms with Crippen LogP contribution in [0.25, 0.3) is 5.57 Å². The van der Waals surface area contributed by atoms with Crippen molar-refractivity contribution in [1.29, 1.82) is 0 Å². The van der Waals surface area contributed by atoms with Crippen molar-refractivity contribution in [3.05, 3.63) is 35.9 Å². The van der Waals surface area contributed by atoms with Crippen LogP contribution in [0, 0.1) is 0 Å². The number of benzene rings is 1. The summed E-state index contributed by atoms with van der Waals surface area (Å²) >= 11 is 0. The lowest BCUT2D eigenvalue weighted by molar-refractivity contribution is -0.217. The Bertz CT molecular complexity index is 828. The lowest BCUT2D eigenvalue weighted by atomic mass is 9.89. The largest absolute Gasteiger partial charge is 0.494 e. The number of carbonyl (C=O) groups excluding carboxylic acids is 2. The van der Waals surface area contributed by atoms with E-state index in [1.165, 1.54) is 46.7 Å². The molecule has 0 heterocycles. The molecule has 1 aromatic rings. The van der Waals surface area contributed by atoms with Crippen LogP contribution in [0.4, 0.5) is 11.4 Å². The van der Waals surface area contributed by atoms with Gasteiger partial charge in [0.15, 0.2) is 5.75 Å². The standard InChI is InChI=1S/C18H18N2O6/c1-23-16-12(7-8-14(19-10-21)15(16)20-11-22)13-6-5-9-18(25-3,26-4)17(13)24-2/h5-9,17H,1-4H3. The molecule has 0 aromatic heterocycles. The second kappa shape index (κ2) is 8.49. The van der Waals surface area contributed by atoms with Crippen LogP contribution < -0.4 is 4.74 Å². The molecule has 0 radical (unpaired) electrons. The predicted octanol–water partition coefficient (Wildman–Crippen LogP) is 2.59. The maximum atomic E-state index is 10.8. The first kappa shape index (κ1) is 19.5. The molecule has 8 heteroatoms. The maximum Gasteiger partial charge on any atom is 0.240 e. The lowest BCUT2D eigenvalue weighted by Gasteiger charge is -2.38. The first-order valence-corrected chi connectivity index (χ1v) is 7.52. The van der Waals surface area contributed by atoms with E-state index in [1.807, 2.05) is 0 Å². The van der Waals surface area contributed by atoms with Crippen LogP contribution in [0.15, 0.2) is 40.3 Å². The number of allylic oxidation sites excluding steroid dienone is 2. The molecule has 0 bridgehead atoms. The zero-order valence-electron chi connectivity index (χ0n) is 14.8. The van der Waals surface area contributed by atoms with E-state index in [9.17, 15) is 9.59 Å². The molecule has 0 N–H and O–H groups in total. The van der Waals surface area contributed by atoms with Crippen molar-refractivity contribution < 1.29 is 28.5 Å². The van der Waals surface area contributed by atoms with Crippen LogP contribution in [0.2, 0.25) is 0 Å². The first-order valence-electron chi connectivity index (χ1n) is 7.52. The Labute approximate surface area is 150 Å². The average molecular weight is 358 g/mol. The number of hydrogen-bond acceptors (Lipinski definition) is 8. The van der Waals surface area contributed by atoms with Crippen molar-refractivity contribution in [1.82, 2.24) is 0 Å². The molecule has 136 valence electrons. The van der Waals surface area contributed by atoms with Crippen molar-refractivity contribution in [2.45, 2.75) is 11.9 Å². The fraction of sp³-hybridized carbons (Fsp3) is 0.333. The van der Waals surface area contributed by atoms with Crippen molar-refractivity contribution >= 4 is 29.1 Å². The minimum atomic E-state index is -1.14. The summed E-state index contributed by atoms with van der Waals surface area (Å²) in [5.41, 5.74) is 1.43. The number of aliphatic imine (C=N–C) groups is 2. The Balaban J connectivity index is 2.73. The summed E-state index contributed by atoms with van der Waals surface area (Å²) in [7, 11) is 5.94. The molecule has 0 aliphatic heterocycles. The molecule has 8 nitrogen and oxygen atoms in total. The fourth-order valence-electron chi connectivity index (χ4n) is 2.92. The lowest BCUT2D eigenvalue weighted by Crippen LogP contribution is -2.47. The number of nitrogens with zero attached hydrogens (tertiary/aromatic N) is 2. The van der Waals surface area contributed by atoms with Crippen LogP contribution in [0.5, 0.6) is 5.75 Å². The molecule has 1 atom stereocenters. The van der Waals surface area contributed by atoms with Crippen molar-refractivity contribution in [3.63, 3.8) is 0 Å². The first-order chi connectivity index (χ1) is 12.6. The highest BCUT2D eigenvalue weighted by Crippen LogP contribution is 2.46. The molecule has 0 spiro atoms. The molecule has 26 heavy (non-hydrogen) atoms. The Morgan fingerprint density at radius 1 is 1.04 bits per heavy atom. The van der Waals surface area contributed by atoms with E-state index in [1.54, 1.807) is 24.3 Å². The van der Waals surface area contributed by atoms with Gasteiger partial charge in [-0.25, -0.2) is 9.59 Å². The zero-order valence-corrected chi connectivity index (χ0v) is 14.8. The van der Waals surface area contributed by atoms with E-state index in [0.29, 0.717) is 11.1 Å². The van der Waals surface area contributed by atoms with Gasteiger partial charge in [0.25, 0.3) is 0 Å². The Morgan fingerprint density at radius 3 is 2.27 bits per heavy atom. The van der Waals surface area contributed by atoms with Crippen LogP contribution >= 0.6 is 0 Å². The highest BCUT2D eigenvalue weighted by Gasteiger charge is 2.42. The van der Waals surface area contributed by atoms with Gasteiger partial charge < -0.3 is 18.9 Å². The topological polar surface area (TPSA) is 95.8 Å². The van der Waals surface area contributed by atoms with Crippen LogP contribution in [0.3, 0.4) is 0 Å². The van der Waals surface area contributed by atoms with Crippen molar-refractivity contribution in [2.24, 2.45) is 9.98 Å². The third-order valence-electron chi connectivity index (χ3n) is 4.07. The molecule has 2 rings (SSSR count). The monoisotopic (exact) mass is 358 g/mol. The van der Waals surface area contributed by atoms with E-state index in [2.05, 4.69) is 9.98 Å². The zero-order chi connectivity index (χ0) is 19.2. The molecule has 1 aromatic carbocycles. The van der Waals surface area contributed by atoms with Gasteiger partial charge in [0.1, 0.15) is 17.5 Å². The number of methoxy groups -OCH3 is 4. The molecular formula is C18H18N2O6. The second-order valence-electron chi connectivity index (χ2n) is 5.15. The molecule has 1 aliphatic rings. The summed E-state index contributed by atoms with van der Waals surface area (Å²) in [4.78, 5) is 28.6. The second-order valence-corrected chi connectivity index (χ2v) is 5.15. The number of rotatable bonds is 7. The Kier molecular flexibility index (Phi) is 6.36. The quantitative estimate of drug-likeness (QED) is 0.422. The van der Waals surface area contributed by atoms with Gasteiger partial charge in [-0.05, 0) is 23.8 Å². The maximum absolute atomic E-state index is 10.8. The van der Waals surface area contributed by atoms with Crippen molar-refractivity contribution in [3.8, 4) is 5.75 Å². The van der Waals surface area contributed by atoms with Gasteiger partial charge in [-0.15, -0.1) is 0 Å². The molecule has 1 unspecified atom stereocenters. The summed E-state index contributed by atoms with van der Waals surface area (Å²) in [6.45, 7) is 0. The normalized spacial score (nSPS) is 17.7. The van der Waals surface area contributed by atoms with Crippen LogP contribution in [0.1, 0.15) is 5.56 Å². The minimum absolute atomic E-state index is 0.0640. The van der Waals surface area contributed by atoms with E-state index < -0.39 is 11.9 Å². The highest BCUT2D eigenvalue weighted by molar-refractivity contribution is 5.86. The van der Waals surface area contributed by atoms with Gasteiger partial charge in [0, 0.05) is 26.9 Å². The fourth-order valence-corrected chi connectivity index (χ4v) is 2.92. The van der Waals surface area contributed by atoms with Gasteiger partial charge in [-0.3, -0.25) is 0 Å². The number of hydrogen-bond donors (Lipinski definition) is 0. The van der Waals surface area contributed by atoms with Gasteiger partial charge in [0.2, 0.25) is 17.9 Å².